The number of hydrogen-bond donors (Lipinski definition) is 1. The van der Waals surface area contributed by atoms with E-state index < -0.39 is 5.60 Å². The van der Waals surface area contributed by atoms with Gasteiger partial charge in [-0.05, 0) is 69.9 Å². The number of pyridine rings is 1. The summed E-state index contributed by atoms with van der Waals surface area (Å²) in [7, 11) is 4.11. The zero-order valence-corrected chi connectivity index (χ0v) is 17.5. The molecular formula is C22H27ClN4O. The lowest BCUT2D eigenvalue weighted by Gasteiger charge is -2.31. The molecule has 28 heavy (non-hydrogen) atoms. The fraction of sp³-hybridized carbons (Fsp3) is 0.455. The van der Waals surface area contributed by atoms with Crippen LogP contribution in [-0.4, -0.2) is 45.4 Å². The molecular weight excluding hydrogens is 372 g/mol. The summed E-state index contributed by atoms with van der Waals surface area (Å²) in [5.41, 5.74) is 3.37. The first-order valence-electron chi connectivity index (χ1n) is 9.95. The molecule has 5 nitrogen and oxygen atoms in total. The minimum absolute atomic E-state index is 0.601. The van der Waals surface area contributed by atoms with Crippen molar-refractivity contribution in [2.24, 2.45) is 0 Å². The molecule has 0 spiro atoms. The Morgan fingerprint density at radius 1 is 1.25 bits per heavy atom. The normalized spacial score (nSPS) is 18.9. The van der Waals surface area contributed by atoms with Gasteiger partial charge in [-0.1, -0.05) is 35.9 Å². The number of rotatable bonds is 5. The number of aromatic nitrogens is 3. The molecule has 1 N–H and O–H groups in total. The third-order valence-electron chi connectivity index (χ3n) is 5.76. The van der Waals surface area contributed by atoms with Gasteiger partial charge in [-0.3, -0.25) is 0 Å². The number of benzene rings is 1. The molecule has 0 radical (unpaired) electrons. The van der Waals surface area contributed by atoms with E-state index in [0.717, 1.165) is 48.0 Å². The van der Waals surface area contributed by atoms with Gasteiger partial charge in [-0.2, -0.15) is 5.10 Å². The average Bonchev–Trinajstić information content (AvgIpc) is 3.05. The zero-order chi connectivity index (χ0) is 19.9. The van der Waals surface area contributed by atoms with Crippen LogP contribution in [0.1, 0.15) is 42.1 Å². The van der Waals surface area contributed by atoms with E-state index in [1.807, 2.05) is 29.8 Å². The SMILES string of the molecule is CCn1ncc2c(Cl)c3c(nc21)C(O)(CCCN(C)C)c1ccccc1CC3. The molecule has 1 unspecified atom stereocenters. The highest BCUT2D eigenvalue weighted by Gasteiger charge is 2.40. The summed E-state index contributed by atoms with van der Waals surface area (Å²) >= 11 is 6.84. The van der Waals surface area contributed by atoms with Crippen molar-refractivity contribution < 1.29 is 5.11 Å². The summed E-state index contributed by atoms with van der Waals surface area (Å²) in [5, 5.41) is 18.1. The molecule has 0 aliphatic heterocycles. The van der Waals surface area contributed by atoms with Crippen LogP contribution >= 0.6 is 11.6 Å². The van der Waals surface area contributed by atoms with Gasteiger partial charge in [0.2, 0.25) is 0 Å². The molecule has 4 rings (SSSR count). The summed E-state index contributed by atoms with van der Waals surface area (Å²) in [6.45, 7) is 3.65. The second kappa shape index (κ2) is 7.47. The smallest absolute Gasteiger partial charge is 0.159 e. The molecule has 0 amide bonds. The molecule has 2 aromatic heterocycles. The minimum atomic E-state index is -1.15. The second-order valence-electron chi connectivity index (χ2n) is 7.87. The van der Waals surface area contributed by atoms with Crippen molar-refractivity contribution >= 4 is 22.6 Å². The second-order valence-corrected chi connectivity index (χ2v) is 8.25. The molecule has 1 atom stereocenters. The Hall–Kier alpha value is -1.95. The van der Waals surface area contributed by atoms with E-state index in [0.29, 0.717) is 23.7 Å². The highest BCUT2D eigenvalue weighted by molar-refractivity contribution is 6.36. The van der Waals surface area contributed by atoms with E-state index in [1.54, 1.807) is 6.20 Å². The predicted octanol–water partition coefficient (Wildman–Crippen LogP) is 3.78. The fourth-order valence-electron chi connectivity index (χ4n) is 4.33. The van der Waals surface area contributed by atoms with E-state index in [1.165, 1.54) is 5.56 Å². The number of aryl methyl sites for hydroxylation is 2. The van der Waals surface area contributed by atoms with Crippen LogP contribution in [0, 0.1) is 0 Å². The topological polar surface area (TPSA) is 54.2 Å². The van der Waals surface area contributed by atoms with Crippen molar-refractivity contribution in [3.05, 3.63) is 57.9 Å². The number of fused-ring (bicyclic) bond motifs is 3. The fourth-order valence-corrected chi connectivity index (χ4v) is 4.64. The standard InChI is InChI=1S/C22H27ClN4O/c1-4-27-21-17(14-24-27)19(23)16-11-10-15-8-5-6-9-18(15)22(28,20(16)25-21)12-7-13-26(2)3/h5-6,8-9,14,28H,4,7,10-13H2,1-3H3. The highest BCUT2D eigenvalue weighted by Crippen LogP contribution is 2.43. The lowest BCUT2D eigenvalue weighted by Crippen LogP contribution is -2.31. The van der Waals surface area contributed by atoms with Gasteiger partial charge in [0, 0.05) is 6.54 Å². The van der Waals surface area contributed by atoms with Crippen molar-refractivity contribution in [3.8, 4) is 0 Å². The molecule has 6 heteroatoms. The van der Waals surface area contributed by atoms with Crippen LogP contribution in [-0.2, 0) is 25.0 Å². The van der Waals surface area contributed by atoms with Gasteiger partial charge in [0.05, 0.1) is 22.3 Å². The van der Waals surface area contributed by atoms with E-state index in [-0.39, 0.29) is 0 Å². The van der Waals surface area contributed by atoms with Gasteiger partial charge < -0.3 is 10.0 Å². The summed E-state index contributed by atoms with van der Waals surface area (Å²) in [4.78, 5) is 7.11. The van der Waals surface area contributed by atoms with Crippen LogP contribution in [0.15, 0.2) is 30.5 Å². The summed E-state index contributed by atoms with van der Waals surface area (Å²) in [6, 6.07) is 8.18. The third-order valence-corrected chi connectivity index (χ3v) is 6.19. The van der Waals surface area contributed by atoms with Gasteiger partial charge >= 0.3 is 0 Å². The highest BCUT2D eigenvalue weighted by atomic mass is 35.5. The Morgan fingerprint density at radius 2 is 2.04 bits per heavy atom. The van der Waals surface area contributed by atoms with E-state index in [2.05, 4.69) is 30.2 Å². The van der Waals surface area contributed by atoms with Crippen LogP contribution in [0.5, 0.6) is 0 Å². The average molecular weight is 399 g/mol. The lowest BCUT2D eigenvalue weighted by molar-refractivity contribution is 0.0617. The van der Waals surface area contributed by atoms with Crippen LogP contribution in [0.25, 0.3) is 11.0 Å². The summed E-state index contributed by atoms with van der Waals surface area (Å²) < 4.78 is 1.85. The summed E-state index contributed by atoms with van der Waals surface area (Å²) in [6.07, 6.45) is 4.86. The maximum absolute atomic E-state index is 12.1. The quantitative estimate of drug-likeness (QED) is 0.710. The Kier molecular flexibility index (Phi) is 5.17. The molecule has 0 bridgehead atoms. The number of hydrogen-bond acceptors (Lipinski definition) is 4. The zero-order valence-electron chi connectivity index (χ0n) is 16.7. The van der Waals surface area contributed by atoms with Crippen LogP contribution in [0.4, 0.5) is 0 Å². The van der Waals surface area contributed by atoms with Crippen LogP contribution in [0.2, 0.25) is 5.02 Å². The van der Waals surface area contributed by atoms with E-state index in [9.17, 15) is 5.11 Å². The van der Waals surface area contributed by atoms with Gasteiger partial charge in [0.15, 0.2) is 5.65 Å². The Morgan fingerprint density at radius 3 is 2.79 bits per heavy atom. The monoisotopic (exact) mass is 398 g/mol. The van der Waals surface area contributed by atoms with Crippen molar-refractivity contribution in [2.45, 2.75) is 44.8 Å². The summed E-state index contributed by atoms with van der Waals surface area (Å²) in [5.74, 6) is 0. The molecule has 3 aromatic rings. The molecule has 0 saturated heterocycles. The number of halogens is 1. The first kappa shape index (κ1) is 19.4. The molecule has 1 aliphatic rings. The Labute approximate surface area is 170 Å². The maximum Gasteiger partial charge on any atom is 0.159 e. The Bertz CT molecular complexity index is 1010. The maximum atomic E-state index is 12.1. The minimum Gasteiger partial charge on any atom is -0.379 e. The van der Waals surface area contributed by atoms with Crippen LogP contribution in [0.3, 0.4) is 0 Å². The van der Waals surface area contributed by atoms with Crippen LogP contribution < -0.4 is 0 Å². The molecule has 1 aliphatic carbocycles. The molecule has 0 saturated carbocycles. The molecule has 148 valence electrons. The van der Waals surface area contributed by atoms with Gasteiger partial charge in [0.25, 0.3) is 0 Å². The largest absolute Gasteiger partial charge is 0.379 e. The van der Waals surface area contributed by atoms with Gasteiger partial charge in [-0.15, -0.1) is 0 Å². The third kappa shape index (κ3) is 3.11. The predicted molar refractivity (Wildman–Crippen MR) is 113 cm³/mol. The van der Waals surface area contributed by atoms with Crippen molar-refractivity contribution in [2.75, 3.05) is 20.6 Å². The molecule has 2 heterocycles. The van der Waals surface area contributed by atoms with Gasteiger partial charge in [0.1, 0.15) is 5.60 Å². The number of aliphatic hydroxyl groups is 1. The molecule has 1 aromatic carbocycles. The number of nitrogens with zero attached hydrogens (tertiary/aromatic N) is 4. The lowest BCUT2D eigenvalue weighted by atomic mass is 9.83. The van der Waals surface area contributed by atoms with Gasteiger partial charge in [-0.25, -0.2) is 9.67 Å². The first-order valence-corrected chi connectivity index (χ1v) is 10.3. The van der Waals surface area contributed by atoms with Crippen molar-refractivity contribution in [1.29, 1.82) is 0 Å². The van der Waals surface area contributed by atoms with E-state index in [4.69, 9.17) is 16.6 Å². The molecule has 0 fully saturated rings. The van der Waals surface area contributed by atoms with E-state index >= 15 is 0 Å². The Balaban J connectivity index is 1.94. The van der Waals surface area contributed by atoms with Crippen molar-refractivity contribution in [1.82, 2.24) is 19.7 Å². The first-order chi connectivity index (χ1) is 13.5. The van der Waals surface area contributed by atoms with Crippen molar-refractivity contribution in [3.63, 3.8) is 0 Å².